The topological polar surface area (TPSA) is 38.7 Å². The third-order valence-corrected chi connectivity index (χ3v) is 7.85. The Labute approximate surface area is 218 Å². The quantitative estimate of drug-likeness (QED) is 0.247. The highest BCUT2D eigenvalue weighted by atomic mass is 32.1. The third kappa shape index (κ3) is 3.98. The molecule has 0 amide bonds. The number of benzene rings is 4. The normalized spacial score (nSPS) is 11.2. The molecule has 0 saturated carbocycles. The summed E-state index contributed by atoms with van der Waals surface area (Å²) in [5, 5.41) is 2.55. The van der Waals surface area contributed by atoms with Crippen LogP contribution >= 0.6 is 11.3 Å². The second kappa shape index (κ2) is 9.08. The summed E-state index contributed by atoms with van der Waals surface area (Å²) in [6.07, 6.45) is 3.63. The molecule has 3 heterocycles. The van der Waals surface area contributed by atoms with E-state index in [9.17, 15) is 0 Å². The van der Waals surface area contributed by atoms with Crippen molar-refractivity contribution in [3.8, 4) is 45.0 Å². The molecular weight excluding hydrogens is 470 g/mol. The van der Waals surface area contributed by atoms with Gasteiger partial charge in [-0.25, -0.2) is 9.97 Å². The molecule has 3 aromatic heterocycles. The number of rotatable bonds is 4. The highest BCUT2D eigenvalue weighted by molar-refractivity contribution is 7.26. The summed E-state index contributed by atoms with van der Waals surface area (Å²) in [5.41, 5.74) is 7.31. The predicted molar refractivity (Wildman–Crippen MR) is 154 cm³/mol. The lowest BCUT2D eigenvalue weighted by atomic mass is 10.0. The van der Waals surface area contributed by atoms with E-state index in [2.05, 4.69) is 89.9 Å². The summed E-state index contributed by atoms with van der Waals surface area (Å²) in [4.78, 5) is 14.2. The molecule has 37 heavy (non-hydrogen) atoms. The lowest BCUT2D eigenvalue weighted by Gasteiger charge is -2.10. The molecule has 7 rings (SSSR count). The number of fused-ring (bicyclic) bond motifs is 3. The van der Waals surface area contributed by atoms with E-state index in [-0.39, 0.29) is 0 Å². The van der Waals surface area contributed by atoms with Gasteiger partial charge >= 0.3 is 0 Å². The minimum atomic E-state index is 0.718. The van der Waals surface area contributed by atoms with E-state index in [1.54, 1.807) is 0 Å². The van der Waals surface area contributed by atoms with E-state index in [0.717, 1.165) is 45.0 Å². The van der Waals surface area contributed by atoms with E-state index in [1.165, 1.54) is 20.2 Å². The van der Waals surface area contributed by atoms with Gasteiger partial charge in [0.25, 0.3) is 0 Å². The van der Waals surface area contributed by atoms with Crippen LogP contribution < -0.4 is 0 Å². The maximum absolute atomic E-state index is 5.11. The van der Waals surface area contributed by atoms with E-state index in [4.69, 9.17) is 9.97 Å². The average molecular weight is 492 g/mol. The summed E-state index contributed by atoms with van der Waals surface area (Å²) >= 11 is 1.82. The summed E-state index contributed by atoms with van der Waals surface area (Å²) in [6.45, 7) is 0. The van der Waals surface area contributed by atoms with Crippen molar-refractivity contribution in [2.24, 2.45) is 0 Å². The standard InChI is InChI=1S/C33H21N3S/c1-2-7-24(8-3-1)29-21-30(28-11-6-10-27-26-9-4-5-12-31(26)37-32(27)28)36-33(35-29)25-15-13-22(14-16-25)23-17-19-34-20-18-23/h1-21H. The Kier molecular flexibility index (Phi) is 5.30. The van der Waals surface area contributed by atoms with Crippen LogP contribution in [0.2, 0.25) is 0 Å². The van der Waals surface area contributed by atoms with Crippen LogP contribution in [0.25, 0.3) is 65.2 Å². The minimum absolute atomic E-state index is 0.718. The maximum Gasteiger partial charge on any atom is 0.160 e. The molecule has 0 saturated heterocycles. The number of hydrogen-bond donors (Lipinski definition) is 0. The summed E-state index contributed by atoms with van der Waals surface area (Å²) < 4.78 is 2.54. The Morgan fingerprint density at radius 1 is 0.486 bits per heavy atom. The third-order valence-electron chi connectivity index (χ3n) is 6.63. The minimum Gasteiger partial charge on any atom is -0.265 e. The van der Waals surface area contributed by atoms with Crippen LogP contribution in [0.4, 0.5) is 0 Å². The van der Waals surface area contributed by atoms with Gasteiger partial charge in [0.15, 0.2) is 5.82 Å². The van der Waals surface area contributed by atoms with Crippen LogP contribution in [-0.2, 0) is 0 Å². The molecule has 0 aliphatic rings. The van der Waals surface area contributed by atoms with E-state index in [1.807, 2.05) is 54.1 Å². The Bertz CT molecular complexity index is 1860. The number of thiophene rings is 1. The van der Waals surface area contributed by atoms with Gasteiger partial charge in [0.05, 0.1) is 11.4 Å². The van der Waals surface area contributed by atoms with Crippen molar-refractivity contribution < 1.29 is 0 Å². The SMILES string of the molecule is c1ccc(-c2cc(-c3cccc4c3sc3ccccc34)nc(-c3ccc(-c4ccncc4)cc3)n2)cc1. The first-order chi connectivity index (χ1) is 18.3. The van der Waals surface area contributed by atoms with Crippen molar-refractivity contribution in [3.05, 3.63) is 128 Å². The highest BCUT2D eigenvalue weighted by Gasteiger charge is 2.15. The van der Waals surface area contributed by atoms with Gasteiger partial charge in [-0.15, -0.1) is 11.3 Å². The molecule has 0 unspecified atom stereocenters. The molecule has 0 aliphatic heterocycles. The predicted octanol–water partition coefficient (Wildman–Crippen LogP) is 8.91. The van der Waals surface area contributed by atoms with Gasteiger partial charge in [-0.3, -0.25) is 4.98 Å². The zero-order valence-corrected chi connectivity index (χ0v) is 20.7. The second-order valence-electron chi connectivity index (χ2n) is 8.92. The molecule has 0 aliphatic carbocycles. The van der Waals surface area contributed by atoms with E-state index >= 15 is 0 Å². The molecule has 0 radical (unpaired) electrons. The number of nitrogens with zero attached hydrogens (tertiary/aromatic N) is 3. The Balaban J connectivity index is 1.41. The summed E-state index contributed by atoms with van der Waals surface area (Å²) in [7, 11) is 0. The molecule has 4 heteroatoms. The smallest absolute Gasteiger partial charge is 0.160 e. The molecule has 0 N–H and O–H groups in total. The average Bonchev–Trinajstić information content (AvgIpc) is 3.37. The first kappa shape index (κ1) is 21.6. The fourth-order valence-electron chi connectivity index (χ4n) is 4.78. The maximum atomic E-state index is 5.11. The molecule has 0 spiro atoms. The molecule has 0 fully saturated rings. The van der Waals surface area contributed by atoms with Crippen molar-refractivity contribution in [1.29, 1.82) is 0 Å². The number of pyridine rings is 1. The van der Waals surface area contributed by atoms with Gasteiger partial charge < -0.3 is 0 Å². The molecule has 0 atom stereocenters. The zero-order valence-electron chi connectivity index (χ0n) is 19.9. The number of aromatic nitrogens is 3. The molecule has 3 nitrogen and oxygen atoms in total. The first-order valence-corrected chi connectivity index (χ1v) is 13.0. The largest absolute Gasteiger partial charge is 0.265 e. The van der Waals surface area contributed by atoms with Gasteiger partial charge in [-0.05, 0) is 35.4 Å². The van der Waals surface area contributed by atoms with Crippen molar-refractivity contribution in [1.82, 2.24) is 15.0 Å². The Hall–Kier alpha value is -4.67. The van der Waals surface area contributed by atoms with Gasteiger partial charge in [0.1, 0.15) is 0 Å². The lowest BCUT2D eigenvalue weighted by Crippen LogP contribution is -1.96. The monoisotopic (exact) mass is 491 g/mol. The van der Waals surface area contributed by atoms with Crippen LogP contribution in [0, 0.1) is 0 Å². The molecule has 4 aromatic carbocycles. The van der Waals surface area contributed by atoms with Crippen LogP contribution in [0.15, 0.2) is 128 Å². The van der Waals surface area contributed by atoms with Crippen LogP contribution in [-0.4, -0.2) is 15.0 Å². The van der Waals surface area contributed by atoms with E-state index in [0.29, 0.717) is 0 Å². The van der Waals surface area contributed by atoms with Crippen molar-refractivity contribution >= 4 is 31.5 Å². The summed E-state index contributed by atoms with van der Waals surface area (Å²) in [6, 6.07) is 40.0. The zero-order chi connectivity index (χ0) is 24.6. The second-order valence-corrected chi connectivity index (χ2v) is 9.97. The van der Waals surface area contributed by atoms with Gasteiger partial charge in [0.2, 0.25) is 0 Å². The highest BCUT2D eigenvalue weighted by Crippen LogP contribution is 2.40. The number of hydrogen-bond acceptors (Lipinski definition) is 4. The van der Waals surface area contributed by atoms with Gasteiger partial charge in [0, 0.05) is 49.3 Å². The van der Waals surface area contributed by atoms with Crippen LogP contribution in [0.1, 0.15) is 0 Å². The Morgan fingerprint density at radius 2 is 1.16 bits per heavy atom. The van der Waals surface area contributed by atoms with Crippen molar-refractivity contribution in [2.75, 3.05) is 0 Å². The van der Waals surface area contributed by atoms with E-state index < -0.39 is 0 Å². The molecule has 174 valence electrons. The molecule has 7 aromatic rings. The Morgan fingerprint density at radius 3 is 2.00 bits per heavy atom. The van der Waals surface area contributed by atoms with Crippen molar-refractivity contribution in [3.63, 3.8) is 0 Å². The van der Waals surface area contributed by atoms with Crippen LogP contribution in [0.5, 0.6) is 0 Å². The first-order valence-electron chi connectivity index (χ1n) is 12.2. The molecule has 0 bridgehead atoms. The fraction of sp³-hybridized carbons (Fsp3) is 0. The van der Waals surface area contributed by atoms with Crippen LogP contribution in [0.3, 0.4) is 0 Å². The van der Waals surface area contributed by atoms with Crippen molar-refractivity contribution in [2.45, 2.75) is 0 Å². The summed E-state index contributed by atoms with van der Waals surface area (Å²) in [5.74, 6) is 0.718. The van der Waals surface area contributed by atoms with Gasteiger partial charge in [-0.2, -0.15) is 0 Å². The lowest BCUT2D eigenvalue weighted by molar-refractivity contribution is 1.19. The molecular formula is C33H21N3S. The fourth-order valence-corrected chi connectivity index (χ4v) is 6.00. The van der Waals surface area contributed by atoms with Gasteiger partial charge in [-0.1, -0.05) is 91.0 Å².